The van der Waals surface area contributed by atoms with Crippen molar-refractivity contribution in [3.63, 3.8) is 0 Å². The van der Waals surface area contributed by atoms with Gasteiger partial charge in [0.15, 0.2) is 0 Å². The number of pyridine rings is 1. The van der Waals surface area contributed by atoms with E-state index >= 15 is 0 Å². The van der Waals surface area contributed by atoms with Crippen molar-refractivity contribution in [2.45, 2.75) is 39.5 Å². The van der Waals surface area contributed by atoms with Crippen molar-refractivity contribution in [2.75, 3.05) is 19.7 Å². The maximum absolute atomic E-state index is 12.2. The highest BCUT2D eigenvalue weighted by molar-refractivity contribution is 5.94. The molecule has 1 aromatic carbocycles. The molecule has 0 bridgehead atoms. The number of nitrogens with zero attached hydrogens (tertiary/aromatic N) is 6. The van der Waals surface area contributed by atoms with Crippen molar-refractivity contribution >= 4 is 23.0 Å². The van der Waals surface area contributed by atoms with E-state index in [1.165, 1.54) is 6.20 Å². The van der Waals surface area contributed by atoms with E-state index in [0.29, 0.717) is 47.6 Å². The molecule has 194 valence electrons. The van der Waals surface area contributed by atoms with Gasteiger partial charge in [0, 0.05) is 49.6 Å². The first-order chi connectivity index (χ1) is 18.4. The van der Waals surface area contributed by atoms with Crippen LogP contribution in [0.4, 0.5) is 0 Å². The molecule has 5 heterocycles. The lowest BCUT2D eigenvalue weighted by Gasteiger charge is -2.30. The molecule has 0 saturated carbocycles. The number of hydrogen-bond acceptors (Lipinski definition) is 10. The van der Waals surface area contributed by atoms with Crippen LogP contribution in [0.1, 0.15) is 61.7 Å². The SMILES string of the molecule is CCOC(=O)c1cnc2cnn(-c3ncc4c(n3)CCN(CC(O)c3ccc5c(c3C)COC5=O)C4)c2c1. The van der Waals surface area contributed by atoms with Crippen LogP contribution < -0.4 is 0 Å². The minimum Gasteiger partial charge on any atom is -0.462 e. The molecule has 38 heavy (non-hydrogen) atoms. The Morgan fingerprint density at radius 2 is 2.11 bits per heavy atom. The Labute approximate surface area is 218 Å². The molecule has 6 rings (SSSR count). The minimum absolute atomic E-state index is 0.253. The number of aliphatic hydroxyl groups excluding tert-OH is 1. The van der Waals surface area contributed by atoms with Gasteiger partial charge in [0.1, 0.15) is 12.1 Å². The zero-order chi connectivity index (χ0) is 26.4. The number of carbonyl (C=O) groups is 2. The molecule has 11 nitrogen and oxygen atoms in total. The van der Waals surface area contributed by atoms with E-state index in [1.807, 2.05) is 13.0 Å². The molecular formula is C27H26N6O5. The predicted octanol–water partition coefficient (Wildman–Crippen LogP) is 2.46. The highest BCUT2D eigenvalue weighted by Crippen LogP contribution is 2.30. The number of ether oxygens (including phenoxy) is 2. The standard InChI is InChI=1S/C27H26N6O5/c1-3-37-25(35)16-8-23-22(28-9-16)11-30-33(23)27-29-10-17-12-32(7-6-21(17)31-27)13-24(34)18-4-5-19-20(15(18)2)14-38-26(19)36/h4-5,8-11,24,34H,3,6-7,12-14H2,1-2H3. The van der Waals surface area contributed by atoms with Crippen LogP contribution in [0.3, 0.4) is 0 Å². The highest BCUT2D eigenvalue weighted by atomic mass is 16.5. The molecule has 2 aliphatic rings. The summed E-state index contributed by atoms with van der Waals surface area (Å²) in [5, 5.41) is 15.4. The van der Waals surface area contributed by atoms with Crippen LogP contribution in [0, 0.1) is 6.92 Å². The van der Waals surface area contributed by atoms with Crippen LogP contribution in [0.15, 0.2) is 36.8 Å². The zero-order valence-corrected chi connectivity index (χ0v) is 21.0. The minimum atomic E-state index is -0.700. The molecule has 0 fully saturated rings. The summed E-state index contributed by atoms with van der Waals surface area (Å²) < 4.78 is 11.8. The molecule has 11 heteroatoms. The van der Waals surface area contributed by atoms with Crippen LogP contribution in [0.25, 0.3) is 17.0 Å². The quantitative estimate of drug-likeness (QED) is 0.383. The van der Waals surface area contributed by atoms with Crippen molar-refractivity contribution in [1.29, 1.82) is 0 Å². The fourth-order valence-corrected chi connectivity index (χ4v) is 5.09. The summed E-state index contributed by atoms with van der Waals surface area (Å²) in [5.41, 5.74) is 6.63. The van der Waals surface area contributed by atoms with Gasteiger partial charge >= 0.3 is 11.9 Å². The van der Waals surface area contributed by atoms with Crippen LogP contribution in [-0.4, -0.2) is 66.4 Å². The zero-order valence-electron chi connectivity index (χ0n) is 21.0. The first kappa shape index (κ1) is 24.1. The Hall–Kier alpha value is -4.22. The van der Waals surface area contributed by atoms with Gasteiger partial charge in [-0.05, 0) is 37.1 Å². The second-order valence-corrected chi connectivity index (χ2v) is 9.43. The van der Waals surface area contributed by atoms with E-state index in [9.17, 15) is 14.7 Å². The van der Waals surface area contributed by atoms with E-state index in [4.69, 9.17) is 14.5 Å². The molecule has 4 aromatic rings. The summed E-state index contributed by atoms with van der Waals surface area (Å²) in [7, 11) is 0. The number of hydrogen-bond donors (Lipinski definition) is 1. The summed E-state index contributed by atoms with van der Waals surface area (Å²) in [4.78, 5) is 39.8. The predicted molar refractivity (Wildman–Crippen MR) is 135 cm³/mol. The summed E-state index contributed by atoms with van der Waals surface area (Å²) in [6, 6.07) is 5.23. The van der Waals surface area contributed by atoms with Crippen LogP contribution in [0.2, 0.25) is 0 Å². The maximum atomic E-state index is 12.2. The highest BCUT2D eigenvalue weighted by Gasteiger charge is 2.27. The van der Waals surface area contributed by atoms with E-state index in [2.05, 4.69) is 20.0 Å². The maximum Gasteiger partial charge on any atom is 0.339 e. The van der Waals surface area contributed by atoms with Gasteiger partial charge < -0.3 is 14.6 Å². The van der Waals surface area contributed by atoms with Crippen molar-refractivity contribution in [3.8, 4) is 5.95 Å². The van der Waals surface area contributed by atoms with Gasteiger partial charge in [-0.15, -0.1) is 0 Å². The lowest BCUT2D eigenvalue weighted by molar-refractivity contribution is 0.0520. The van der Waals surface area contributed by atoms with Gasteiger partial charge in [0.25, 0.3) is 5.95 Å². The Kier molecular flexibility index (Phi) is 6.09. The molecule has 0 amide bonds. The first-order valence-electron chi connectivity index (χ1n) is 12.5. The largest absolute Gasteiger partial charge is 0.462 e. The van der Waals surface area contributed by atoms with Gasteiger partial charge in [-0.25, -0.2) is 19.6 Å². The summed E-state index contributed by atoms with van der Waals surface area (Å²) in [6.45, 7) is 5.98. The van der Waals surface area contributed by atoms with Gasteiger partial charge in [-0.3, -0.25) is 9.88 Å². The smallest absolute Gasteiger partial charge is 0.339 e. The van der Waals surface area contributed by atoms with Crippen molar-refractivity contribution in [1.82, 2.24) is 29.6 Å². The third kappa shape index (κ3) is 4.19. The molecule has 1 N–H and O–H groups in total. The van der Waals surface area contributed by atoms with E-state index in [-0.39, 0.29) is 19.2 Å². The molecule has 0 radical (unpaired) electrons. The van der Waals surface area contributed by atoms with Crippen LogP contribution in [-0.2, 0) is 29.0 Å². The normalized spacial score (nSPS) is 15.7. The third-order valence-corrected chi connectivity index (χ3v) is 7.12. The van der Waals surface area contributed by atoms with E-state index in [0.717, 1.165) is 34.5 Å². The lowest BCUT2D eigenvalue weighted by atomic mass is 9.95. The van der Waals surface area contributed by atoms with Crippen LogP contribution >= 0.6 is 0 Å². The number of fused-ring (bicyclic) bond motifs is 3. The Morgan fingerprint density at radius 1 is 1.24 bits per heavy atom. The number of aromatic nitrogens is 5. The Balaban J connectivity index is 1.20. The van der Waals surface area contributed by atoms with Crippen molar-refractivity contribution in [3.05, 3.63) is 75.9 Å². The molecule has 0 spiro atoms. The molecule has 1 unspecified atom stereocenters. The second kappa shape index (κ2) is 9.58. The van der Waals surface area contributed by atoms with Gasteiger partial charge in [-0.1, -0.05) is 6.07 Å². The number of rotatable bonds is 6. The van der Waals surface area contributed by atoms with Gasteiger partial charge in [0.2, 0.25) is 0 Å². The third-order valence-electron chi connectivity index (χ3n) is 7.12. The summed E-state index contributed by atoms with van der Waals surface area (Å²) in [6.07, 6.45) is 4.86. The summed E-state index contributed by atoms with van der Waals surface area (Å²) >= 11 is 0. The Bertz CT molecular complexity index is 1580. The average molecular weight is 515 g/mol. The van der Waals surface area contributed by atoms with Crippen molar-refractivity contribution in [2.24, 2.45) is 0 Å². The lowest BCUT2D eigenvalue weighted by Crippen LogP contribution is -2.35. The van der Waals surface area contributed by atoms with Gasteiger partial charge in [-0.2, -0.15) is 9.78 Å². The second-order valence-electron chi connectivity index (χ2n) is 9.43. The monoisotopic (exact) mass is 514 g/mol. The average Bonchev–Trinajstić information content (AvgIpc) is 3.52. The van der Waals surface area contributed by atoms with Gasteiger partial charge in [0.05, 0.1) is 41.2 Å². The first-order valence-corrected chi connectivity index (χ1v) is 12.5. The topological polar surface area (TPSA) is 133 Å². The number of carbonyl (C=O) groups excluding carboxylic acids is 2. The molecule has 3 aromatic heterocycles. The number of benzene rings is 1. The van der Waals surface area contributed by atoms with Crippen molar-refractivity contribution < 1.29 is 24.2 Å². The number of aliphatic hydroxyl groups is 1. The van der Waals surface area contributed by atoms with E-state index < -0.39 is 12.1 Å². The Morgan fingerprint density at radius 3 is 2.95 bits per heavy atom. The molecule has 1 atom stereocenters. The fourth-order valence-electron chi connectivity index (χ4n) is 5.09. The molecule has 0 aliphatic carbocycles. The number of esters is 2. The van der Waals surface area contributed by atoms with Crippen LogP contribution in [0.5, 0.6) is 0 Å². The number of cyclic esters (lactones) is 1. The number of β-amino-alcohol motifs (C(OH)–C–C–N with tert-alkyl or cyclic N) is 1. The van der Waals surface area contributed by atoms with E-state index in [1.54, 1.807) is 36.1 Å². The molecular weight excluding hydrogens is 488 g/mol. The molecule has 0 saturated heterocycles. The fraction of sp³-hybridized carbons (Fsp3) is 0.333. The summed E-state index contributed by atoms with van der Waals surface area (Å²) in [5.74, 6) is -0.351. The molecule has 2 aliphatic heterocycles.